The largest absolute Gasteiger partial charge is 1.00 e. The van der Waals surface area contributed by atoms with E-state index in [2.05, 4.69) is 29.0 Å². The molecule has 0 N–H and O–H groups in total. The lowest BCUT2D eigenvalue weighted by Gasteiger charge is -2.18. The lowest BCUT2D eigenvalue weighted by molar-refractivity contribution is -0.686. The summed E-state index contributed by atoms with van der Waals surface area (Å²) in [6.45, 7) is 0.919. The first-order valence-electron chi connectivity index (χ1n) is 8.53. The Bertz CT molecular complexity index is 1000. The number of hydrogen-bond donors (Lipinski definition) is 0. The fraction of sp³-hybridized carbons (Fsp3) is 0.286. The number of aryl methyl sites for hydroxylation is 2. The Balaban J connectivity index is 0.00000210. The molecule has 27 heavy (non-hydrogen) atoms. The van der Waals surface area contributed by atoms with Crippen LogP contribution in [-0.4, -0.2) is 28.4 Å². The molecule has 4 rings (SSSR count). The maximum Gasteiger partial charge on any atom is 0.213 e. The molecule has 2 aromatic carbocycles. The van der Waals surface area contributed by atoms with Gasteiger partial charge in [0.15, 0.2) is 35.7 Å². The molecular formula is C21H22INO4. The first kappa shape index (κ1) is 19.5. The third-order valence-corrected chi connectivity index (χ3v) is 4.99. The van der Waals surface area contributed by atoms with E-state index in [0.717, 1.165) is 52.4 Å². The summed E-state index contributed by atoms with van der Waals surface area (Å²) in [6.07, 6.45) is 3.12. The van der Waals surface area contributed by atoms with E-state index in [0.29, 0.717) is 0 Å². The van der Waals surface area contributed by atoms with Crippen LogP contribution in [0.2, 0.25) is 0 Å². The average molecular weight is 479 g/mol. The van der Waals surface area contributed by atoms with Crippen LogP contribution in [0.1, 0.15) is 5.56 Å². The van der Waals surface area contributed by atoms with Crippen LogP contribution in [-0.2, 0) is 13.0 Å². The Morgan fingerprint density at radius 3 is 1.89 bits per heavy atom. The number of nitrogens with zero attached hydrogens (tertiary/aromatic N) is 1. The van der Waals surface area contributed by atoms with Gasteiger partial charge in [-0.05, 0) is 35.2 Å². The molecule has 0 unspecified atom stereocenters. The predicted molar refractivity (Wildman–Crippen MR) is 99.5 cm³/mol. The average Bonchev–Trinajstić information content (AvgIpc) is 2.69. The van der Waals surface area contributed by atoms with Crippen LogP contribution in [0.3, 0.4) is 0 Å². The van der Waals surface area contributed by atoms with Crippen LogP contribution in [0, 0.1) is 0 Å². The van der Waals surface area contributed by atoms with Gasteiger partial charge < -0.3 is 42.9 Å². The Kier molecular flexibility index (Phi) is 5.64. The third-order valence-electron chi connectivity index (χ3n) is 4.99. The molecule has 0 atom stereocenters. The van der Waals surface area contributed by atoms with Crippen molar-refractivity contribution in [2.75, 3.05) is 28.4 Å². The molecule has 5 nitrogen and oxygen atoms in total. The highest BCUT2D eigenvalue weighted by atomic mass is 127. The lowest BCUT2D eigenvalue weighted by Crippen LogP contribution is -3.00. The molecule has 142 valence electrons. The molecule has 0 amide bonds. The summed E-state index contributed by atoms with van der Waals surface area (Å²) >= 11 is 0. The van der Waals surface area contributed by atoms with Crippen molar-refractivity contribution in [3.63, 3.8) is 0 Å². The molecule has 1 aliphatic rings. The summed E-state index contributed by atoms with van der Waals surface area (Å²) in [7, 11) is 6.65. The van der Waals surface area contributed by atoms with Crippen molar-refractivity contribution in [2.45, 2.75) is 13.0 Å². The van der Waals surface area contributed by atoms with Gasteiger partial charge in [-0.15, -0.1) is 0 Å². The molecular weight excluding hydrogens is 457 g/mol. The number of pyridine rings is 1. The zero-order valence-corrected chi connectivity index (χ0v) is 18.0. The van der Waals surface area contributed by atoms with Gasteiger partial charge in [0, 0.05) is 17.9 Å². The number of ether oxygens (including phenoxy) is 4. The molecule has 2 heterocycles. The molecule has 6 heteroatoms. The van der Waals surface area contributed by atoms with Crippen molar-refractivity contribution in [1.29, 1.82) is 0 Å². The summed E-state index contributed by atoms with van der Waals surface area (Å²) in [5.74, 6) is 2.98. The zero-order chi connectivity index (χ0) is 18.3. The molecule has 0 fully saturated rings. The first-order chi connectivity index (χ1) is 12.7. The molecule has 0 radical (unpaired) electrons. The fourth-order valence-electron chi connectivity index (χ4n) is 3.64. The van der Waals surface area contributed by atoms with Gasteiger partial charge in [0.25, 0.3) is 0 Å². The van der Waals surface area contributed by atoms with Gasteiger partial charge in [-0.25, -0.2) is 0 Å². The standard InChI is InChI=1S/C21H22NO4.HI/c1-23-18-8-13-5-6-22-12-15-10-20(25-3)19(24-2)9-14(15)7-17(22)16(13)11-21(18)26-4;/h7-12H,5-6H2,1-4H3;1H/q+1;/p-1. The van der Waals surface area contributed by atoms with E-state index >= 15 is 0 Å². The molecule has 0 aliphatic carbocycles. The van der Waals surface area contributed by atoms with Gasteiger partial charge in [0.1, 0.15) is 0 Å². The second kappa shape index (κ2) is 7.80. The molecule has 1 aromatic heterocycles. The fourth-order valence-corrected chi connectivity index (χ4v) is 3.64. The van der Waals surface area contributed by atoms with Gasteiger partial charge in [-0.2, -0.15) is 4.57 Å². The van der Waals surface area contributed by atoms with Crippen LogP contribution >= 0.6 is 0 Å². The van der Waals surface area contributed by atoms with Gasteiger partial charge in [0.2, 0.25) is 5.69 Å². The van der Waals surface area contributed by atoms with Crippen LogP contribution < -0.4 is 47.5 Å². The summed E-state index contributed by atoms with van der Waals surface area (Å²) in [4.78, 5) is 0. The minimum atomic E-state index is 0. The maximum absolute atomic E-state index is 5.50. The van der Waals surface area contributed by atoms with Crippen molar-refractivity contribution in [3.05, 3.63) is 42.1 Å². The molecule has 0 saturated carbocycles. The summed E-state index contributed by atoms with van der Waals surface area (Å²) < 4.78 is 24.1. The molecule has 0 bridgehead atoms. The zero-order valence-electron chi connectivity index (χ0n) is 15.8. The topological polar surface area (TPSA) is 40.8 Å². The second-order valence-electron chi connectivity index (χ2n) is 6.30. The predicted octanol–water partition coefficient (Wildman–Crippen LogP) is 0.389. The molecule has 3 aromatic rings. The van der Waals surface area contributed by atoms with Crippen molar-refractivity contribution in [2.24, 2.45) is 0 Å². The number of halogens is 1. The van der Waals surface area contributed by atoms with E-state index < -0.39 is 0 Å². The van der Waals surface area contributed by atoms with Crippen LogP contribution in [0.15, 0.2) is 36.5 Å². The van der Waals surface area contributed by atoms with E-state index in [1.165, 1.54) is 11.1 Å². The van der Waals surface area contributed by atoms with E-state index in [9.17, 15) is 0 Å². The highest BCUT2D eigenvalue weighted by molar-refractivity contribution is 5.87. The number of hydrogen-bond acceptors (Lipinski definition) is 4. The Labute approximate surface area is 175 Å². The smallest absolute Gasteiger partial charge is 0.213 e. The van der Waals surface area contributed by atoms with Crippen molar-refractivity contribution in [3.8, 4) is 34.3 Å². The Morgan fingerprint density at radius 2 is 1.26 bits per heavy atom. The lowest BCUT2D eigenvalue weighted by atomic mass is 9.95. The van der Waals surface area contributed by atoms with E-state index in [1.807, 2.05) is 12.1 Å². The SMILES string of the molecule is COc1cc2c(cc1OC)-c1cc3cc(OC)c(OC)cc3c[n+]1CC2.[I-]. The quantitative estimate of drug-likeness (QED) is 0.401. The number of benzene rings is 2. The summed E-state index contributed by atoms with van der Waals surface area (Å²) in [6, 6.07) is 10.4. The minimum absolute atomic E-state index is 0. The molecule has 1 aliphatic heterocycles. The molecule has 0 saturated heterocycles. The Hall–Kier alpha value is -2.22. The number of methoxy groups -OCH3 is 4. The number of rotatable bonds is 4. The van der Waals surface area contributed by atoms with Gasteiger partial charge >= 0.3 is 0 Å². The van der Waals surface area contributed by atoms with Crippen LogP contribution in [0.4, 0.5) is 0 Å². The summed E-state index contributed by atoms with van der Waals surface area (Å²) in [5, 5.41) is 2.23. The van der Waals surface area contributed by atoms with Gasteiger partial charge in [-0.3, -0.25) is 0 Å². The van der Waals surface area contributed by atoms with Crippen molar-refractivity contribution in [1.82, 2.24) is 0 Å². The van der Waals surface area contributed by atoms with E-state index in [4.69, 9.17) is 18.9 Å². The Morgan fingerprint density at radius 1 is 0.704 bits per heavy atom. The monoisotopic (exact) mass is 479 g/mol. The molecule has 0 spiro atoms. The van der Waals surface area contributed by atoms with E-state index in [1.54, 1.807) is 28.4 Å². The van der Waals surface area contributed by atoms with Crippen molar-refractivity contribution >= 4 is 10.8 Å². The number of aromatic nitrogens is 1. The minimum Gasteiger partial charge on any atom is -1.00 e. The van der Waals surface area contributed by atoms with Crippen LogP contribution in [0.5, 0.6) is 23.0 Å². The van der Waals surface area contributed by atoms with Gasteiger partial charge in [0.05, 0.1) is 34.0 Å². The summed E-state index contributed by atoms with van der Waals surface area (Å²) in [5.41, 5.74) is 3.60. The normalized spacial score (nSPS) is 11.9. The highest BCUT2D eigenvalue weighted by Gasteiger charge is 2.26. The third kappa shape index (κ3) is 3.26. The highest BCUT2D eigenvalue weighted by Crippen LogP contribution is 2.38. The second-order valence-corrected chi connectivity index (χ2v) is 6.30. The van der Waals surface area contributed by atoms with E-state index in [-0.39, 0.29) is 24.0 Å². The van der Waals surface area contributed by atoms with Crippen LogP contribution in [0.25, 0.3) is 22.0 Å². The number of fused-ring (bicyclic) bond motifs is 4. The first-order valence-corrected chi connectivity index (χ1v) is 8.53. The van der Waals surface area contributed by atoms with Crippen molar-refractivity contribution < 1.29 is 47.5 Å². The maximum atomic E-state index is 5.50. The van der Waals surface area contributed by atoms with Gasteiger partial charge in [-0.1, -0.05) is 0 Å².